The van der Waals surface area contributed by atoms with Crippen LogP contribution in [0.1, 0.15) is 32.3 Å². The molecular formula is C17H25N3O2S. The molecule has 1 N–H and O–H groups in total. The fourth-order valence-electron chi connectivity index (χ4n) is 3.71. The standard InChI is InChI=1S/C17H25N3O2S/c1-13-10-14(2)12-20(11-13)9-5-8-18-17-15-6-3-4-7-16(15)23(21,22)19-17/h3-4,6-7,13-14H,5,8-12H2,1-2H3,(H,18,19)/t13-,14-/m0/s1. The van der Waals surface area contributed by atoms with Crippen LogP contribution in [0, 0.1) is 11.8 Å². The molecule has 23 heavy (non-hydrogen) atoms. The molecular weight excluding hydrogens is 310 g/mol. The minimum atomic E-state index is -3.42. The first-order valence-corrected chi connectivity index (χ1v) is 9.83. The van der Waals surface area contributed by atoms with Gasteiger partial charge in [0.1, 0.15) is 5.84 Å². The number of amidine groups is 1. The summed E-state index contributed by atoms with van der Waals surface area (Å²) in [6.45, 7) is 8.62. The van der Waals surface area contributed by atoms with E-state index in [0.717, 1.165) is 37.9 Å². The van der Waals surface area contributed by atoms with E-state index in [2.05, 4.69) is 28.5 Å². The molecule has 0 unspecified atom stereocenters. The first kappa shape index (κ1) is 16.5. The molecule has 0 aliphatic carbocycles. The normalized spacial score (nSPS) is 28.5. The lowest BCUT2D eigenvalue weighted by Gasteiger charge is -2.34. The summed E-state index contributed by atoms with van der Waals surface area (Å²) in [4.78, 5) is 7.32. The van der Waals surface area contributed by atoms with Crippen molar-refractivity contribution in [2.45, 2.75) is 31.6 Å². The van der Waals surface area contributed by atoms with Crippen LogP contribution in [-0.4, -0.2) is 45.3 Å². The maximum Gasteiger partial charge on any atom is 0.263 e. The molecule has 1 aromatic carbocycles. The number of fused-ring (bicyclic) bond motifs is 1. The highest BCUT2D eigenvalue weighted by Gasteiger charge is 2.29. The molecule has 0 bridgehead atoms. The van der Waals surface area contributed by atoms with E-state index in [1.807, 2.05) is 6.07 Å². The summed E-state index contributed by atoms with van der Waals surface area (Å²) in [5, 5.41) is 0. The maximum absolute atomic E-state index is 12.0. The Bertz CT molecular complexity index is 690. The second-order valence-electron chi connectivity index (χ2n) is 6.89. The van der Waals surface area contributed by atoms with E-state index in [0.29, 0.717) is 22.8 Å². The van der Waals surface area contributed by atoms with Crippen molar-refractivity contribution < 1.29 is 8.42 Å². The summed E-state index contributed by atoms with van der Waals surface area (Å²) < 4.78 is 26.6. The highest BCUT2D eigenvalue weighted by molar-refractivity contribution is 7.90. The predicted molar refractivity (Wildman–Crippen MR) is 92.2 cm³/mol. The molecule has 0 radical (unpaired) electrons. The molecule has 5 nitrogen and oxygen atoms in total. The Morgan fingerprint density at radius 1 is 1.22 bits per heavy atom. The molecule has 0 saturated carbocycles. The largest absolute Gasteiger partial charge is 0.303 e. The van der Waals surface area contributed by atoms with Gasteiger partial charge in [-0.3, -0.25) is 9.71 Å². The number of nitrogens with one attached hydrogen (secondary N) is 1. The van der Waals surface area contributed by atoms with Crippen LogP contribution in [0.2, 0.25) is 0 Å². The smallest absolute Gasteiger partial charge is 0.263 e. The number of benzene rings is 1. The minimum absolute atomic E-state index is 0.331. The molecule has 2 aliphatic rings. The molecule has 1 saturated heterocycles. The molecule has 6 heteroatoms. The van der Waals surface area contributed by atoms with Crippen molar-refractivity contribution in [1.82, 2.24) is 9.62 Å². The number of nitrogens with zero attached hydrogens (tertiary/aromatic N) is 2. The Labute approximate surface area is 138 Å². The van der Waals surface area contributed by atoms with E-state index in [-0.39, 0.29) is 0 Å². The van der Waals surface area contributed by atoms with Crippen LogP contribution in [0.4, 0.5) is 0 Å². The Balaban J connectivity index is 1.57. The van der Waals surface area contributed by atoms with Gasteiger partial charge in [-0.05, 0) is 43.4 Å². The zero-order valence-corrected chi connectivity index (χ0v) is 14.6. The molecule has 0 spiro atoms. The lowest BCUT2D eigenvalue weighted by Crippen LogP contribution is -2.39. The predicted octanol–water partition coefficient (Wildman–Crippen LogP) is 2.09. The van der Waals surface area contributed by atoms with Gasteiger partial charge in [-0.1, -0.05) is 26.0 Å². The van der Waals surface area contributed by atoms with Gasteiger partial charge in [-0.25, -0.2) is 8.42 Å². The van der Waals surface area contributed by atoms with E-state index in [1.165, 1.54) is 6.42 Å². The Morgan fingerprint density at radius 2 is 1.91 bits per heavy atom. The number of hydrogen-bond acceptors (Lipinski definition) is 4. The fraction of sp³-hybridized carbons (Fsp3) is 0.588. The first-order chi connectivity index (χ1) is 11.0. The average Bonchev–Trinajstić information content (AvgIpc) is 2.75. The summed E-state index contributed by atoms with van der Waals surface area (Å²) in [5.74, 6) is 2.01. The third-order valence-electron chi connectivity index (χ3n) is 4.51. The first-order valence-electron chi connectivity index (χ1n) is 8.35. The van der Waals surface area contributed by atoms with E-state index in [9.17, 15) is 8.42 Å². The third-order valence-corrected chi connectivity index (χ3v) is 5.91. The number of rotatable bonds is 4. The summed E-state index contributed by atoms with van der Waals surface area (Å²) in [6.07, 6.45) is 2.27. The monoisotopic (exact) mass is 335 g/mol. The SMILES string of the molecule is C[C@H]1C[C@H](C)CN(CCCN=C2NS(=O)(=O)c3ccccc32)C1. The number of hydrogen-bond donors (Lipinski definition) is 1. The number of piperidine rings is 1. The van der Waals surface area contributed by atoms with Crippen molar-refractivity contribution >= 4 is 15.9 Å². The van der Waals surface area contributed by atoms with Crippen LogP contribution in [0.15, 0.2) is 34.2 Å². The zero-order chi connectivity index (χ0) is 16.4. The van der Waals surface area contributed by atoms with Gasteiger partial charge < -0.3 is 4.90 Å². The average molecular weight is 335 g/mol. The third kappa shape index (κ3) is 3.75. The van der Waals surface area contributed by atoms with Crippen molar-refractivity contribution in [1.29, 1.82) is 0 Å². The van der Waals surface area contributed by atoms with Crippen molar-refractivity contribution in [3.63, 3.8) is 0 Å². The zero-order valence-electron chi connectivity index (χ0n) is 13.8. The van der Waals surface area contributed by atoms with Crippen LogP contribution in [-0.2, 0) is 10.0 Å². The van der Waals surface area contributed by atoms with Crippen molar-refractivity contribution in [3.05, 3.63) is 29.8 Å². The summed E-state index contributed by atoms with van der Waals surface area (Å²) in [6, 6.07) is 7.00. The Hall–Kier alpha value is -1.40. The summed E-state index contributed by atoms with van der Waals surface area (Å²) >= 11 is 0. The lowest BCUT2D eigenvalue weighted by atomic mass is 9.92. The molecule has 1 fully saturated rings. The molecule has 2 aliphatic heterocycles. The van der Waals surface area contributed by atoms with Gasteiger partial charge >= 0.3 is 0 Å². The molecule has 3 rings (SSSR count). The van der Waals surface area contributed by atoms with E-state index < -0.39 is 10.0 Å². The topological polar surface area (TPSA) is 61.8 Å². The van der Waals surface area contributed by atoms with Crippen LogP contribution in [0.5, 0.6) is 0 Å². The van der Waals surface area contributed by atoms with E-state index in [4.69, 9.17) is 0 Å². The molecule has 0 amide bonds. The summed E-state index contributed by atoms with van der Waals surface area (Å²) in [5.41, 5.74) is 0.688. The van der Waals surface area contributed by atoms with Crippen LogP contribution in [0.25, 0.3) is 0 Å². The second kappa shape index (κ2) is 6.61. The van der Waals surface area contributed by atoms with Crippen molar-refractivity contribution in [2.75, 3.05) is 26.2 Å². The lowest BCUT2D eigenvalue weighted by molar-refractivity contribution is 0.140. The highest BCUT2D eigenvalue weighted by atomic mass is 32.2. The van der Waals surface area contributed by atoms with Gasteiger partial charge in [0, 0.05) is 25.2 Å². The van der Waals surface area contributed by atoms with Crippen molar-refractivity contribution in [2.24, 2.45) is 16.8 Å². The van der Waals surface area contributed by atoms with Gasteiger partial charge in [0.2, 0.25) is 0 Å². The molecule has 126 valence electrons. The number of aliphatic imine (C=N–C) groups is 1. The van der Waals surface area contributed by atoms with Crippen LogP contribution < -0.4 is 4.72 Å². The van der Waals surface area contributed by atoms with E-state index >= 15 is 0 Å². The van der Waals surface area contributed by atoms with E-state index in [1.54, 1.807) is 18.2 Å². The highest BCUT2D eigenvalue weighted by Crippen LogP contribution is 2.23. The van der Waals surface area contributed by atoms with Crippen molar-refractivity contribution in [3.8, 4) is 0 Å². The second-order valence-corrected chi connectivity index (χ2v) is 8.54. The summed E-state index contributed by atoms with van der Waals surface area (Å²) in [7, 11) is -3.42. The molecule has 2 atom stereocenters. The minimum Gasteiger partial charge on any atom is -0.303 e. The van der Waals surface area contributed by atoms with Crippen LogP contribution >= 0.6 is 0 Å². The van der Waals surface area contributed by atoms with Gasteiger partial charge in [0.15, 0.2) is 0 Å². The Morgan fingerprint density at radius 3 is 2.65 bits per heavy atom. The molecule has 0 aromatic heterocycles. The Kier molecular flexibility index (Phi) is 4.73. The van der Waals surface area contributed by atoms with Crippen LogP contribution in [0.3, 0.4) is 0 Å². The van der Waals surface area contributed by atoms with Gasteiger partial charge in [-0.2, -0.15) is 0 Å². The quantitative estimate of drug-likeness (QED) is 0.857. The number of sulfonamides is 1. The fourth-order valence-corrected chi connectivity index (χ4v) is 4.96. The molecule has 1 aromatic rings. The van der Waals surface area contributed by atoms with Gasteiger partial charge in [0.25, 0.3) is 10.0 Å². The molecule has 2 heterocycles. The maximum atomic E-state index is 12.0. The van der Waals surface area contributed by atoms with Gasteiger partial charge in [-0.15, -0.1) is 0 Å². The number of likely N-dealkylation sites (tertiary alicyclic amines) is 1. The van der Waals surface area contributed by atoms with Gasteiger partial charge in [0.05, 0.1) is 4.90 Å².